The summed E-state index contributed by atoms with van der Waals surface area (Å²) in [5.41, 5.74) is 1.59. The third kappa shape index (κ3) is 4.98. The van der Waals surface area contributed by atoms with Crippen LogP contribution in [0, 0.1) is 18.7 Å². The molecule has 122 valence electrons. The summed E-state index contributed by atoms with van der Waals surface area (Å²) in [5.74, 6) is 1.27. The summed E-state index contributed by atoms with van der Waals surface area (Å²) < 4.78 is 13.5. The lowest BCUT2D eigenvalue weighted by Gasteiger charge is -2.30. The van der Waals surface area contributed by atoms with Crippen LogP contribution in [0.25, 0.3) is 0 Å². The number of hydrogen-bond donors (Lipinski definition) is 2. The summed E-state index contributed by atoms with van der Waals surface area (Å²) in [6.45, 7) is 5.59. The number of piperidine rings is 1. The van der Waals surface area contributed by atoms with Crippen LogP contribution >= 0.6 is 0 Å². The van der Waals surface area contributed by atoms with Gasteiger partial charge in [-0.25, -0.2) is 4.39 Å². The molecule has 1 aliphatic rings. The normalized spacial score (nSPS) is 20.0. The molecule has 1 unspecified atom stereocenters. The Bertz CT molecular complexity index is 515. The molecule has 1 heterocycles. The number of halogens is 1. The van der Waals surface area contributed by atoms with Crippen molar-refractivity contribution in [3.63, 3.8) is 0 Å². The van der Waals surface area contributed by atoms with Gasteiger partial charge in [-0.15, -0.1) is 0 Å². The van der Waals surface area contributed by atoms with E-state index < -0.39 is 0 Å². The summed E-state index contributed by atoms with van der Waals surface area (Å²) in [6.07, 6.45) is 2.52. The molecule has 22 heavy (non-hydrogen) atoms. The van der Waals surface area contributed by atoms with Gasteiger partial charge in [-0.2, -0.15) is 0 Å². The molecule has 0 aliphatic carbocycles. The summed E-state index contributed by atoms with van der Waals surface area (Å²) in [7, 11) is 3.93. The van der Waals surface area contributed by atoms with Crippen molar-refractivity contribution >= 4 is 5.96 Å². The molecule has 0 aromatic heterocycles. The van der Waals surface area contributed by atoms with Gasteiger partial charge in [-0.05, 0) is 56.5 Å². The van der Waals surface area contributed by atoms with Crippen molar-refractivity contribution in [2.24, 2.45) is 10.9 Å². The van der Waals surface area contributed by atoms with E-state index in [0.29, 0.717) is 18.0 Å². The van der Waals surface area contributed by atoms with E-state index in [0.717, 1.165) is 24.6 Å². The van der Waals surface area contributed by atoms with E-state index in [2.05, 4.69) is 27.6 Å². The summed E-state index contributed by atoms with van der Waals surface area (Å²) >= 11 is 0. The van der Waals surface area contributed by atoms with Crippen LogP contribution in [-0.2, 0) is 6.54 Å². The predicted molar refractivity (Wildman–Crippen MR) is 89.6 cm³/mol. The number of rotatable bonds is 4. The Morgan fingerprint density at radius 2 is 2.23 bits per heavy atom. The second-order valence-electron chi connectivity index (χ2n) is 6.16. The van der Waals surface area contributed by atoms with Gasteiger partial charge in [0.15, 0.2) is 5.96 Å². The number of benzene rings is 1. The number of hydrogen-bond acceptors (Lipinski definition) is 2. The highest BCUT2D eigenvalue weighted by Crippen LogP contribution is 2.13. The number of nitrogens with zero attached hydrogens (tertiary/aromatic N) is 2. The second kappa shape index (κ2) is 8.13. The zero-order valence-corrected chi connectivity index (χ0v) is 13.8. The van der Waals surface area contributed by atoms with Crippen LogP contribution in [0.3, 0.4) is 0 Å². The quantitative estimate of drug-likeness (QED) is 0.661. The molecule has 0 spiro atoms. The van der Waals surface area contributed by atoms with Gasteiger partial charge in [0, 0.05) is 26.7 Å². The fourth-order valence-corrected chi connectivity index (χ4v) is 2.83. The van der Waals surface area contributed by atoms with Gasteiger partial charge in [0.2, 0.25) is 0 Å². The minimum absolute atomic E-state index is 0.160. The number of likely N-dealkylation sites (tertiary alicyclic amines) is 1. The van der Waals surface area contributed by atoms with E-state index >= 15 is 0 Å². The first kappa shape index (κ1) is 16.7. The molecule has 2 N–H and O–H groups in total. The van der Waals surface area contributed by atoms with Crippen LogP contribution in [0.2, 0.25) is 0 Å². The van der Waals surface area contributed by atoms with Crippen molar-refractivity contribution in [3.05, 3.63) is 35.1 Å². The average molecular weight is 306 g/mol. The van der Waals surface area contributed by atoms with Gasteiger partial charge in [0.05, 0.1) is 0 Å². The molecule has 1 aromatic rings. The maximum absolute atomic E-state index is 13.5. The van der Waals surface area contributed by atoms with Crippen molar-refractivity contribution in [1.29, 1.82) is 0 Å². The van der Waals surface area contributed by atoms with Gasteiger partial charge in [0.1, 0.15) is 5.82 Å². The Morgan fingerprint density at radius 3 is 2.91 bits per heavy atom. The monoisotopic (exact) mass is 306 g/mol. The number of guanidine groups is 1. The summed E-state index contributed by atoms with van der Waals surface area (Å²) in [6, 6.07) is 5.32. The third-order valence-electron chi connectivity index (χ3n) is 4.20. The van der Waals surface area contributed by atoms with Crippen LogP contribution in [0.15, 0.2) is 23.2 Å². The van der Waals surface area contributed by atoms with Crippen molar-refractivity contribution in [2.75, 3.05) is 33.7 Å². The average Bonchev–Trinajstić information content (AvgIpc) is 2.51. The summed E-state index contributed by atoms with van der Waals surface area (Å²) in [5, 5.41) is 6.62. The minimum atomic E-state index is -0.160. The van der Waals surface area contributed by atoms with Gasteiger partial charge in [-0.1, -0.05) is 12.1 Å². The highest BCUT2D eigenvalue weighted by molar-refractivity contribution is 5.79. The van der Waals surface area contributed by atoms with Crippen molar-refractivity contribution in [2.45, 2.75) is 26.3 Å². The van der Waals surface area contributed by atoms with Crippen molar-refractivity contribution < 1.29 is 4.39 Å². The van der Waals surface area contributed by atoms with Crippen molar-refractivity contribution in [3.8, 4) is 0 Å². The third-order valence-corrected chi connectivity index (χ3v) is 4.20. The predicted octanol–water partition coefficient (Wildman–Crippen LogP) is 2.14. The largest absolute Gasteiger partial charge is 0.356 e. The van der Waals surface area contributed by atoms with Crippen LogP contribution in [-0.4, -0.2) is 44.6 Å². The molecule has 1 fully saturated rings. The Kier molecular flexibility index (Phi) is 6.19. The topological polar surface area (TPSA) is 39.7 Å². The first-order valence-corrected chi connectivity index (χ1v) is 7.96. The minimum Gasteiger partial charge on any atom is -0.356 e. The van der Waals surface area contributed by atoms with Gasteiger partial charge >= 0.3 is 0 Å². The highest BCUT2D eigenvalue weighted by Gasteiger charge is 2.17. The Balaban J connectivity index is 1.78. The lowest BCUT2D eigenvalue weighted by molar-refractivity contribution is 0.210. The first-order chi connectivity index (χ1) is 10.6. The lowest BCUT2D eigenvalue weighted by atomic mass is 9.99. The smallest absolute Gasteiger partial charge is 0.191 e. The second-order valence-corrected chi connectivity index (χ2v) is 6.16. The van der Waals surface area contributed by atoms with Crippen LogP contribution < -0.4 is 10.6 Å². The molecule has 4 nitrogen and oxygen atoms in total. The SMILES string of the molecule is CN=C(NCc1ccc(C)c(F)c1)NCC1CCCN(C)C1. The fraction of sp³-hybridized carbons (Fsp3) is 0.588. The molecule has 0 saturated carbocycles. The van der Waals surface area contributed by atoms with E-state index in [9.17, 15) is 4.39 Å². The highest BCUT2D eigenvalue weighted by atomic mass is 19.1. The van der Waals surface area contributed by atoms with Crippen LogP contribution in [0.5, 0.6) is 0 Å². The molecular weight excluding hydrogens is 279 g/mol. The number of aliphatic imine (C=N–C) groups is 1. The fourth-order valence-electron chi connectivity index (χ4n) is 2.83. The van der Waals surface area contributed by atoms with Crippen LogP contribution in [0.1, 0.15) is 24.0 Å². The Hall–Kier alpha value is -1.62. The van der Waals surface area contributed by atoms with E-state index in [4.69, 9.17) is 0 Å². The van der Waals surface area contributed by atoms with Gasteiger partial charge in [-0.3, -0.25) is 4.99 Å². The Morgan fingerprint density at radius 1 is 1.41 bits per heavy atom. The lowest BCUT2D eigenvalue weighted by Crippen LogP contribution is -2.43. The van der Waals surface area contributed by atoms with E-state index in [1.807, 2.05) is 6.07 Å². The maximum Gasteiger partial charge on any atom is 0.191 e. The van der Waals surface area contributed by atoms with Crippen molar-refractivity contribution in [1.82, 2.24) is 15.5 Å². The number of aryl methyl sites for hydroxylation is 1. The van der Waals surface area contributed by atoms with Crippen LogP contribution in [0.4, 0.5) is 4.39 Å². The first-order valence-electron chi connectivity index (χ1n) is 7.96. The molecule has 1 aliphatic heterocycles. The molecule has 5 heteroatoms. The Labute approximate surface area is 132 Å². The zero-order valence-electron chi connectivity index (χ0n) is 13.8. The van der Waals surface area contributed by atoms with E-state index in [-0.39, 0.29) is 5.82 Å². The molecule has 2 rings (SSSR count). The van der Waals surface area contributed by atoms with E-state index in [1.54, 1.807) is 26.1 Å². The number of nitrogens with one attached hydrogen (secondary N) is 2. The van der Waals surface area contributed by atoms with E-state index in [1.165, 1.54) is 19.4 Å². The molecule has 0 radical (unpaired) electrons. The molecule has 0 amide bonds. The molecule has 1 aromatic carbocycles. The molecule has 0 bridgehead atoms. The molecular formula is C17H27FN4. The maximum atomic E-state index is 13.5. The molecule has 1 saturated heterocycles. The standard InChI is InChI=1S/C17H27FN4/c1-13-6-7-14(9-16(13)18)10-20-17(19-2)21-11-15-5-4-8-22(3)12-15/h6-7,9,15H,4-5,8,10-12H2,1-3H3,(H2,19,20,21). The zero-order chi connectivity index (χ0) is 15.9. The van der Waals surface area contributed by atoms with Gasteiger partial charge < -0.3 is 15.5 Å². The molecule has 1 atom stereocenters. The van der Waals surface area contributed by atoms with Gasteiger partial charge in [0.25, 0.3) is 0 Å². The summed E-state index contributed by atoms with van der Waals surface area (Å²) in [4.78, 5) is 6.61.